The van der Waals surface area contributed by atoms with Gasteiger partial charge in [-0.3, -0.25) is 4.57 Å². The van der Waals surface area contributed by atoms with Gasteiger partial charge in [0.2, 0.25) is 11.7 Å². The standard InChI is InChI=1S/C23H19N5OS2/c1-3-8-17(9-4-1)13-14-20-25-26-23(28(20)18-10-5-2-6-11-18)31-16-21-24-22(27-29-21)19-12-7-15-30-19/h1-12,15H,13-14,16H2. The first-order valence-corrected chi connectivity index (χ1v) is 11.8. The number of thioether (sulfide) groups is 1. The average molecular weight is 446 g/mol. The van der Waals surface area contributed by atoms with Crippen molar-refractivity contribution in [1.29, 1.82) is 0 Å². The van der Waals surface area contributed by atoms with Crippen LogP contribution in [-0.2, 0) is 18.6 Å². The zero-order valence-corrected chi connectivity index (χ0v) is 18.2. The fraction of sp³-hybridized carbons (Fsp3) is 0.130. The van der Waals surface area contributed by atoms with Gasteiger partial charge in [0.05, 0.1) is 10.6 Å². The summed E-state index contributed by atoms with van der Waals surface area (Å²) in [6, 6.07) is 24.6. The van der Waals surface area contributed by atoms with Crippen molar-refractivity contribution in [2.75, 3.05) is 0 Å². The SMILES string of the molecule is c1ccc(CCc2nnc(SCc3nc(-c4cccs4)no3)n2-c2ccccc2)cc1. The predicted molar refractivity (Wildman–Crippen MR) is 122 cm³/mol. The van der Waals surface area contributed by atoms with E-state index in [2.05, 4.69) is 61.3 Å². The van der Waals surface area contributed by atoms with Crippen molar-refractivity contribution < 1.29 is 4.52 Å². The lowest BCUT2D eigenvalue weighted by Gasteiger charge is -2.09. The normalized spacial score (nSPS) is 11.1. The molecule has 0 saturated carbocycles. The van der Waals surface area contributed by atoms with Crippen molar-refractivity contribution >= 4 is 23.1 Å². The Hall–Kier alpha value is -3.23. The lowest BCUT2D eigenvalue weighted by Crippen LogP contribution is -2.04. The van der Waals surface area contributed by atoms with E-state index in [4.69, 9.17) is 4.52 Å². The third-order valence-electron chi connectivity index (χ3n) is 4.73. The second kappa shape index (κ2) is 9.28. The first-order valence-electron chi connectivity index (χ1n) is 9.90. The number of benzene rings is 2. The molecule has 5 rings (SSSR count). The smallest absolute Gasteiger partial charge is 0.237 e. The summed E-state index contributed by atoms with van der Waals surface area (Å²) in [5, 5.41) is 15.9. The maximum absolute atomic E-state index is 5.44. The van der Waals surface area contributed by atoms with Crippen LogP contribution < -0.4 is 0 Å². The summed E-state index contributed by atoms with van der Waals surface area (Å²) in [7, 11) is 0. The van der Waals surface area contributed by atoms with Crippen LogP contribution in [0, 0.1) is 0 Å². The molecular formula is C23H19N5OS2. The fourth-order valence-electron chi connectivity index (χ4n) is 3.24. The molecule has 2 aromatic carbocycles. The number of nitrogens with zero attached hydrogens (tertiary/aromatic N) is 5. The van der Waals surface area contributed by atoms with Gasteiger partial charge in [0.1, 0.15) is 5.82 Å². The van der Waals surface area contributed by atoms with Crippen LogP contribution in [0.5, 0.6) is 0 Å². The molecule has 0 bridgehead atoms. The molecule has 6 nitrogen and oxygen atoms in total. The molecule has 3 aromatic heterocycles. The van der Waals surface area contributed by atoms with Gasteiger partial charge in [-0.05, 0) is 35.6 Å². The molecule has 5 aromatic rings. The molecule has 154 valence electrons. The number of aromatic nitrogens is 5. The molecule has 0 aliphatic rings. The van der Waals surface area contributed by atoms with Crippen LogP contribution in [0.25, 0.3) is 16.4 Å². The van der Waals surface area contributed by atoms with E-state index < -0.39 is 0 Å². The molecular weight excluding hydrogens is 426 g/mol. The molecule has 0 N–H and O–H groups in total. The third-order valence-corrected chi connectivity index (χ3v) is 6.51. The Labute approximate surface area is 188 Å². The summed E-state index contributed by atoms with van der Waals surface area (Å²) in [5.41, 5.74) is 2.33. The zero-order valence-electron chi connectivity index (χ0n) is 16.6. The van der Waals surface area contributed by atoms with Gasteiger partial charge in [-0.2, -0.15) is 4.98 Å². The van der Waals surface area contributed by atoms with Crippen molar-refractivity contribution in [3.8, 4) is 16.4 Å². The molecule has 3 heterocycles. The topological polar surface area (TPSA) is 69.6 Å². The Morgan fingerprint density at radius 1 is 0.871 bits per heavy atom. The molecule has 0 unspecified atom stereocenters. The highest BCUT2D eigenvalue weighted by atomic mass is 32.2. The van der Waals surface area contributed by atoms with E-state index in [9.17, 15) is 0 Å². The van der Waals surface area contributed by atoms with E-state index in [1.54, 1.807) is 23.1 Å². The molecule has 0 fully saturated rings. The summed E-state index contributed by atoms with van der Waals surface area (Å²) in [6.07, 6.45) is 1.71. The van der Waals surface area contributed by atoms with Gasteiger partial charge in [0.15, 0.2) is 5.16 Å². The lowest BCUT2D eigenvalue weighted by atomic mass is 10.1. The number of thiophene rings is 1. The van der Waals surface area contributed by atoms with Crippen molar-refractivity contribution in [1.82, 2.24) is 24.9 Å². The summed E-state index contributed by atoms with van der Waals surface area (Å²) in [4.78, 5) is 5.50. The van der Waals surface area contributed by atoms with E-state index in [1.165, 1.54) is 5.56 Å². The minimum atomic E-state index is 0.530. The van der Waals surface area contributed by atoms with Crippen LogP contribution in [0.3, 0.4) is 0 Å². The highest BCUT2D eigenvalue weighted by molar-refractivity contribution is 7.98. The third kappa shape index (κ3) is 4.60. The van der Waals surface area contributed by atoms with E-state index in [1.807, 2.05) is 41.8 Å². The summed E-state index contributed by atoms with van der Waals surface area (Å²) < 4.78 is 7.55. The largest absolute Gasteiger partial charge is 0.338 e. The molecule has 0 radical (unpaired) electrons. The average Bonchev–Trinajstić information content (AvgIpc) is 3.58. The quantitative estimate of drug-likeness (QED) is 0.296. The van der Waals surface area contributed by atoms with Gasteiger partial charge in [0, 0.05) is 12.1 Å². The maximum atomic E-state index is 5.44. The Morgan fingerprint density at radius 3 is 2.45 bits per heavy atom. The van der Waals surface area contributed by atoms with Crippen LogP contribution in [0.2, 0.25) is 0 Å². The predicted octanol–water partition coefficient (Wildman–Crippen LogP) is 5.46. The first kappa shape index (κ1) is 19.7. The minimum Gasteiger partial charge on any atom is -0.338 e. The Balaban J connectivity index is 1.36. The van der Waals surface area contributed by atoms with Crippen LogP contribution in [-0.4, -0.2) is 24.9 Å². The van der Waals surface area contributed by atoms with Crippen molar-refractivity contribution in [2.24, 2.45) is 0 Å². The molecule has 8 heteroatoms. The summed E-state index contributed by atoms with van der Waals surface area (Å²) in [6.45, 7) is 0. The Morgan fingerprint density at radius 2 is 1.68 bits per heavy atom. The van der Waals surface area contributed by atoms with Gasteiger partial charge in [-0.1, -0.05) is 71.5 Å². The monoisotopic (exact) mass is 445 g/mol. The summed E-state index contributed by atoms with van der Waals surface area (Å²) in [5.74, 6) is 2.66. The number of hydrogen-bond donors (Lipinski definition) is 0. The van der Waals surface area contributed by atoms with Gasteiger partial charge in [-0.25, -0.2) is 0 Å². The zero-order chi connectivity index (χ0) is 20.9. The molecule has 0 aliphatic carbocycles. The maximum Gasteiger partial charge on any atom is 0.237 e. The van der Waals surface area contributed by atoms with E-state index in [0.29, 0.717) is 17.5 Å². The van der Waals surface area contributed by atoms with Crippen molar-refractivity contribution in [3.05, 3.63) is 95.5 Å². The van der Waals surface area contributed by atoms with E-state index in [-0.39, 0.29) is 0 Å². The Bertz CT molecular complexity index is 1230. The second-order valence-corrected chi connectivity index (χ2v) is 8.72. The van der Waals surface area contributed by atoms with Crippen LogP contribution in [0.4, 0.5) is 0 Å². The van der Waals surface area contributed by atoms with Crippen LogP contribution in [0.15, 0.2) is 87.9 Å². The van der Waals surface area contributed by atoms with Gasteiger partial charge in [-0.15, -0.1) is 21.5 Å². The van der Waals surface area contributed by atoms with E-state index >= 15 is 0 Å². The molecule has 0 saturated heterocycles. The molecule has 0 aliphatic heterocycles. The van der Waals surface area contributed by atoms with Gasteiger partial charge < -0.3 is 4.52 Å². The number of aryl methyl sites for hydroxylation is 2. The number of hydrogen-bond acceptors (Lipinski definition) is 7. The number of rotatable bonds is 8. The van der Waals surface area contributed by atoms with Crippen LogP contribution in [0.1, 0.15) is 17.3 Å². The van der Waals surface area contributed by atoms with Crippen molar-refractivity contribution in [2.45, 2.75) is 23.8 Å². The molecule has 31 heavy (non-hydrogen) atoms. The fourth-order valence-corrected chi connectivity index (χ4v) is 4.70. The van der Waals surface area contributed by atoms with E-state index in [0.717, 1.165) is 34.4 Å². The Kier molecular flexibility index (Phi) is 5.90. The molecule has 0 atom stereocenters. The lowest BCUT2D eigenvalue weighted by molar-refractivity contribution is 0.391. The van der Waals surface area contributed by atoms with Crippen molar-refractivity contribution in [3.63, 3.8) is 0 Å². The van der Waals surface area contributed by atoms with Gasteiger partial charge >= 0.3 is 0 Å². The first-order chi connectivity index (χ1) is 15.4. The molecule has 0 amide bonds. The minimum absolute atomic E-state index is 0.530. The molecule has 0 spiro atoms. The van der Waals surface area contributed by atoms with Crippen LogP contribution >= 0.6 is 23.1 Å². The number of para-hydroxylation sites is 1. The second-order valence-electron chi connectivity index (χ2n) is 6.83. The van der Waals surface area contributed by atoms with Gasteiger partial charge in [0.25, 0.3) is 0 Å². The highest BCUT2D eigenvalue weighted by Crippen LogP contribution is 2.27. The summed E-state index contributed by atoms with van der Waals surface area (Å²) >= 11 is 3.14. The highest BCUT2D eigenvalue weighted by Gasteiger charge is 2.17.